The van der Waals surface area contributed by atoms with Crippen LogP contribution in [0.2, 0.25) is 0 Å². The van der Waals surface area contributed by atoms with Crippen LogP contribution in [-0.2, 0) is 6.54 Å². The van der Waals surface area contributed by atoms with Crippen molar-refractivity contribution in [3.8, 4) is 22.3 Å². The Balaban J connectivity index is 1.67. The van der Waals surface area contributed by atoms with E-state index in [1.807, 2.05) is 0 Å². The number of hydrogen-bond donors (Lipinski definition) is 1. The third-order valence-electron chi connectivity index (χ3n) is 6.27. The molecule has 5 rings (SSSR count). The van der Waals surface area contributed by atoms with Crippen molar-refractivity contribution >= 4 is 21.5 Å². The minimum atomic E-state index is 0.925. The van der Waals surface area contributed by atoms with Crippen molar-refractivity contribution in [1.82, 2.24) is 5.32 Å². The standard InChI is InChI=1S/C31H29N/c1-2-3-21-32-22-23-17-19-25(20-18-23)31-28-15-9-7-13-26(28)30(24-11-5-4-6-12-24)27-14-8-10-16-29(27)31/h4-20,32H,2-3,21-22H2,1H3. The topological polar surface area (TPSA) is 12.0 Å². The zero-order valence-corrected chi connectivity index (χ0v) is 18.6. The van der Waals surface area contributed by atoms with E-state index in [0.29, 0.717) is 0 Å². The maximum absolute atomic E-state index is 3.55. The molecule has 0 radical (unpaired) electrons. The predicted octanol–water partition coefficient (Wildman–Crippen LogP) is 8.22. The number of unbranched alkanes of at least 4 members (excludes halogenated alkanes) is 1. The second-order valence-electron chi connectivity index (χ2n) is 8.43. The highest BCUT2D eigenvalue weighted by Gasteiger charge is 2.15. The van der Waals surface area contributed by atoms with E-state index in [1.54, 1.807) is 0 Å². The molecule has 32 heavy (non-hydrogen) atoms. The summed E-state index contributed by atoms with van der Waals surface area (Å²) in [5.41, 5.74) is 6.51. The van der Waals surface area contributed by atoms with Gasteiger partial charge in [0.1, 0.15) is 0 Å². The monoisotopic (exact) mass is 415 g/mol. The van der Waals surface area contributed by atoms with E-state index in [2.05, 4.69) is 115 Å². The van der Waals surface area contributed by atoms with E-state index >= 15 is 0 Å². The quantitative estimate of drug-likeness (QED) is 0.208. The smallest absolute Gasteiger partial charge is 0.0205 e. The molecule has 0 aliphatic rings. The van der Waals surface area contributed by atoms with Crippen LogP contribution < -0.4 is 5.32 Å². The number of benzene rings is 5. The largest absolute Gasteiger partial charge is 0.313 e. The Bertz CT molecular complexity index is 1280. The lowest BCUT2D eigenvalue weighted by Gasteiger charge is -2.18. The van der Waals surface area contributed by atoms with Crippen molar-refractivity contribution in [2.45, 2.75) is 26.3 Å². The molecule has 0 unspecified atom stereocenters. The summed E-state index contributed by atoms with van der Waals surface area (Å²) in [6, 6.07) is 37.5. The highest BCUT2D eigenvalue weighted by Crippen LogP contribution is 2.43. The third-order valence-corrected chi connectivity index (χ3v) is 6.27. The van der Waals surface area contributed by atoms with E-state index in [0.717, 1.165) is 13.1 Å². The van der Waals surface area contributed by atoms with Crippen molar-refractivity contribution in [1.29, 1.82) is 0 Å². The number of hydrogen-bond acceptors (Lipinski definition) is 1. The fraction of sp³-hybridized carbons (Fsp3) is 0.161. The van der Waals surface area contributed by atoms with Crippen LogP contribution in [0.3, 0.4) is 0 Å². The zero-order valence-electron chi connectivity index (χ0n) is 18.6. The van der Waals surface area contributed by atoms with Gasteiger partial charge in [0.25, 0.3) is 0 Å². The molecule has 0 aromatic heterocycles. The molecular weight excluding hydrogens is 386 g/mol. The molecule has 0 heterocycles. The van der Waals surface area contributed by atoms with Gasteiger partial charge in [-0.05, 0) is 62.3 Å². The Morgan fingerprint density at radius 1 is 0.531 bits per heavy atom. The van der Waals surface area contributed by atoms with Gasteiger partial charge in [0.15, 0.2) is 0 Å². The molecule has 1 N–H and O–H groups in total. The van der Waals surface area contributed by atoms with Crippen molar-refractivity contribution in [3.63, 3.8) is 0 Å². The minimum Gasteiger partial charge on any atom is -0.313 e. The SMILES string of the molecule is CCCCNCc1ccc(-c2c3ccccc3c(-c3ccccc3)c3ccccc23)cc1. The summed E-state index contributed by atoms with van der Waals surface area (Å²) in [5.74, 6) is 0. The first-order valence-corrected chi connectivity index (χ1v) is 11.7. The Kier molecular flexibility index (Phi) is 6.00. The summed E-state index contributed by atoms with van der Waals surface area (Å²) < 4.78 is 0. The average molecular weight is 416 g/mol. The van der Waals surface area contributed by atoms with Gasteiger partial charge < -0.3 is 5.32 Å². The maximum atomic E-state index is 3.55. The van der Waals surface area contributed by atoms with Crippen LogP contribution in [0.4, 0.5) is 0 Å². The molecule has 1 nitrogen and oxygen atoms in total. The van der Waals surface area contributed by atoms with Gasteiger partial charge in [-0.2, -0.15) is 0 Å². The van der Waals surface area contributed by atoms with E-state index in [4.69, 9.17) is 0 Å². The highest BCUT2D eigenvalue weighted by atomic mass is 14.8. The van der Waals surface area contributed by atoms with Crippen LogP contribution >= 0.6 is 0 Å². The molecule has 0 bridgehead atoms. The fourth-order valence-electron chi connectivity index (χ4n) is 4.68. The van der Waals surface area contributed by atoms with Crippen LogP contribution in [0.5, 0.6) is 0 Å². The van der Waals surface area contributed by atoms with Gasteiger partial charge in [0, 0.05) is 6.54 Å². The lowest BCUT2D eigenvalue weighted by Crippen LogP contribution is -2.14. The molecule has 5 aromatic rings. The van der Waals surface area contributed by atoms with Crippen LogP contribution in [0.15, 0.2) is 103 Å². The number of fused-ring (bicyclic) bond motifs is 2. The van der Waals surface area contributed by atoms with Crippen LogP contribution in [0.1, 0.15) is 25.3 Å². The molecule has 0 amide bonds. The Hall–Kier alpha value is -3.42. The van der Waals surface area contributed by atoms with Gasteiger partial charge in [-0.25, -0.2) is 0 Å². The summed E-state index contributed by atoms with van der Waals surface area (Å²) in [5, 5.41) is 8.76. The Morgan fingerprint density at radius 2 is 1.00 bits per heavy atom. The first-order valence-electron chi connectivity index (χ1n) is 11.7. The first kappa shape index (κ1) is 20.5. The van der Waals surface area contributed by atoms with Crippen LogP contribution in [0.25, 0.3) is 43.8 Å². The summed E-state index contributed by atoms with van der Waals surface area (Å²) in [4.78, 5) is 0. The molecule has 1 heteroatoms. The number of nitrogens with one attached hydrogen (secondary N) is 1. The van der Waals surface area contributed by atoms with Gasteiger partial charge in [-0.3, -0.25) is 0 Å². The van der Waals surface area contributed by atoms with Gasteiger partial charge in [-0.15, -0.1) is 0 Å². The molecule has 5 aromatic carbocycles. The lowest BCUT2D eigenvalue weighted by molar-refractivity contribution is 0.641. The maximum Gasteiger partial charge on any atom is 0.0205 e. The molecule has 0 aliphatic heterocycles. The molecule has 0 saturated heterocycles. The lowest BCUT2D eigenvalue weighted by atomic mass is 9.86. The number of rotatable bonds is 7. The molecule has 0 spiro atoms. The van der Waals surface area contributed by atoms with E-state index in [1.165, 1.54) is 62.2 Å². The van der Waals surface area contributed by atoms with Gasteiger partial charge in [0.05, 0.1) is 0 Å². The minimum absolute atomic E-state index is 0.925. The molecule has 0 fully saturated rings. The van der Waals surface area contributed by atoms with E-state index < -0.39 is 0 Å². The Labute approximate surface area is 190 Å². The second kappa shape index (κ2) is 9.38. The summed E-state index contributed by atoms with van der Waals surface area (Å²) >= 11 is 0. The molecule has 0 saturated carbocycles. The van der Waals surface area contributed by atoms with E-state index in [-0.39, 0.29) is 0 Å². The Morgan fingerprint density at radius 3 is 1.50 bits per heavy atom. The fourth-order valence-corrected chi connectivity index (χ4v) is 4.68. The second-order valence-corrected chi connectivity index (χ2v) is 8.43. The molecule has 158 valence electrons. The van der Waals surface area contributed by atoms with Crippen molar-refractivity contribution in [2.75, 3.05) is 6.54 Å². The van der Waals surface area contributed by atoms with Crippen LogP contribution in [0, 0.1) is 0 Å². The zero-order chi connectivity index (χ0) is 21.8. The summed E-state index contributed by atoms with van der Waals surface area (Å²) in [6.45, 7) is 4.23. The average Bonchev–Trinajstić information content (AvgIpc) is 2.86. The summed E-state index contributed by atoms with van der Waals surface area (Å²) in [6.07, 6.45) is 2.45. The first-order chi connectivity index (χ1) is 15.9. The van der Waals surface area contributed by atoms with E-state index in [9.17, 15) is 0 Å². The van der Waals surface area contributed by atoms with Gasteiger partial charge in [0.2, 0.25) is 0 Å². The molecule has 0 atom stereocenters. The van der Waals surface area contributed by atoms with Gasteiger partial charge in [-0.1, -0.05) is 116 Å². The normalized spacial score (nSPS) is 11.3. The molecular formula is C31H29N. The third kappa shape index (κ3) is 3.92. The van der Waals surface area contributed by atoms with Crippen molar-refractivity contribution < 1.29 is 0 Å². The van der Waals surface area contributed by atoms with Gasteiger partial charge >= 0.3 is 0 Å². The highest BCUT2D eigenvalue weighted by molar-refractivity contribution is 6.21. The van der Waals surface area contributed by atoms with Crippen molar-refractivity contribution in [3.05, 3.63) is 109 Å². The van der Waals surface area contributed by atoms with Crippen molar-refractivity contribution in [2.24, 2.45) is 0 Å². The predicted molar refractivity (Wildman–Crippen MR) is 139 cm³/mol. The van der Waals surface area contributed by atoms with Crippen LogP contribution in [-0.4, -0.2) is 6.54 Å². The molecule has 0 aliphatic carbocycles. The summed E-state index contributed by atoms with van der Waals surface area (Å²) in [7, 11) is 0.